The van der Waals surface area contributed by atoms with Gasteiger partial charge in [0, 0.05) is 24.2 Å². The van der Waals surface area contributed by atoms with Crippen LogP contribution in [0.1, 0.15) is 19.8 Å². The van der Waals surface area contributed by atoms with Crippen LogP contribution in [0.4, 0.5) is 11.6 Å². The SMILES string of the molecule is CCOC(=O)C1CCN(c2ccc3oc([N+](=O)[O-])c(-c4ccccc4)c3c2)CC1. The van der Waals surface area contributed by atoms with E-state index in [4.69, 9.17) is 9.15 Å². The predicted molar refractivity (Wildman–Crippen MR) is 110 cm³/mol. The van der Waals surface area contributed by atoms with Crippen LogP contribution in [0, 0.1) is 16.0 Å². The quantitative estimate of drug-likeness (QED) is 0.351. The zero-order valence-electron chi connectivity index (χ0n) is 16.2. The van der Waals surface area contributed by atoms with E-state index in [0.717, 1.165) is 37.2 Å². The third-order valence-electron chi connectivity index (χ3n) is 5.36. The number of carbonyl (C=O) groups excluding carboxylic acids is 1. The van der Waals surface area contributed by atoms with Crippen LogP contribution in [0.5, 0.6) is 0 Å². The molecule has 1 fully saturated rings. The summed E-state index contributed by atoms with van der Waals surface area (Å²) in [7, 11) is 0. The predicted octanol–water partition coefficient (Wildman–Crippen LogP) is 4.79. The molecule has 7 nitrogen and oxygen atoms in total. The van der Waals surface area contributed by atoms with Gasteiger partial charge in [0.25, 0.3) is 0 Å². The second-order valence-electron chi connectivity index (χ2n) is 7.10. The Morgan fingerprint density at radius 1 is 1.21 bits per heavy atom. The molecule has 0 aliphatic carbocycles. The number of nitro groups is 1. The monoisotopic (exact) mass is 394 g/mol. The number of carbonyl (C=O) groups is 1. The van der Waals surface area contributed by atoms with E-state index in [1.807, 2.05) is 49.4 Å². The van der Waals surface area contributed by atoms with Gasteiger partial charge in [0.15, 0.2) is 0 Å². The molecule has 1 aliphatic heterocycles. The van der Waals surface area contributed by atoms with Gasteiger partial charge in [-0.25, -0.2) is 0 Å². The lowest BCUT2D eigenvalue weighted by molar-refractivity contribution is -0.400. The Labute approximate surface area is 168 Å². The van der Waals surface area contributed by atoms with E-state index in [9.17, 15) is 14.9 Å². The molecule has 0 spiro atoms. The Morgan fingerprint density at radius 3 is 2.59 bits per heavy atom. The molecule has 0 radical (unpaired) electrons. The Bertz CT molecular complexity index is 1040. The number of ether oxygens (including phenoxy) is 1. The molecule has 2 aromatic carbocycles. The Morgan fingerprint density at radius 2 is 1.93 bits per heavy atom. The summed E-state index contributed by atoms with van der Waals surface area (Å²) in [6.45, 7) is 3.68. The number of hydrogen-bond acceptors (Lipinski definition) is 6. The van der Waals surface area contributed by atoms with Gasteiger partial charge in [-0.1, -0.05) is 30.3 Å². The van der Waals surface area contributed by atoms with Crippen LogP contribution in [0.2, 0.25) is 0 Å². The van der Waals surface area contributed by atoms with E-state index in [2.05, 4.69) is 4.90 Å². The molecule has 0 atom stereocenters. The van der Waals surface area contributed by atoms with E-state index in [1.54, 1.807) is 6.07 Å². The standard InChI is InChI=1S/C22H22N2O5/c1-2-28-22(25)16-10-12-23(13-11-16)17-8-9-19-18(14-17)20(21(29-19)24(26)27)15-6-4-3-5-7-15/h3-9,14,16H,2,10-13H2,1H3. The maximum absolute atomic E-state index is 12.0. The first-order valence-electron chi connectivity index (χ1n) is 9.76. The lowest BCUT2D eigenvalue weighted by Gasteiger charge is -2.32. The highest BCUT2D eigenvalue weighted by Gasteiger charge is 2.28. The number of esters is 1. The van der Waals surface area contributed by atoms with Gasteiger partial charge in [0.1, 0.15) is 16.1 Å². The number of furan rings is 1. The van der Waals surface area contributed by atoms with Gasteiger partial charge in [0.2, 0.25) is 0 Å². The van der Waals surface area contributed by atoms with Crippen LogP contribution in [-0.4, -0.2) is 30.6 Å². The number of hydrogen-bond donors (Lipinski definition) is 0. The normalized spacial score (nSPS) is 14.9. The number of anilines is 1. The summed E-state index contributed by atoms with van der Waals surface area (Å²) in [4.78, 5) is 25.2. The topological polar surface area (TPSA) is 85.8 Å². The van der Waals surface area contributed by atoms with Crippen LogP contribution in [0.25, 0.3) is 22.1 Å². The summed E-state index contributed by atoms with van der Waals surface area (Å²) in [6.07, 6.45) is 1.46. The maximum Gasteiger partial charge on any atom is 0.442 e. The second kappa shape index (κ2) is 7.95. The van der Waals surface area contributed by atoms with Crippen molar-refractivity contribution >= 4 is 28.5 Å². The summed E-state index contributed by atoms with van der Waals surface area (Å²) in [6, 6.07) is 14.9. The molecule has 3 aromatic rings. The second-order valence-corrected chi connectivity index (χ2v) is 7.10. The van der Waals surface area contributed by atoms with Gasteiger partial charge < -0.3 is 14.1 Å². The number of piperidine rings is 1. The van der Waals surface area contributed by atoms with Crippen molar-refractivity contribution in [2.75, 3.05) is 24.6 Å². The van der Waals surface area contributed by atoms with Crippen molar-refractivity contribution < 1.29 is 18.9 Å². The third-order valence-corrected chi connectivity index (χ3v) is 5.36. The van der Waals surface area contributed by atoms with E-state index < -0.39 is 4.92 Å². The third kappa shape index (κ3) is 3.68. The van der Waals surface area contributed by atoms with Crippen molar-refractivity contribution in [2.24, 2.45) is 5.92 Å². The first-order chi connectivity index (χ1) is 14.1. The molecule has 0 N–H and O–H groups in total. The molecule has 29 heavy (non-hydrogen) atoms. The fraction of sp³-hybridized carbons (Fsp3) is 0.318. The first kappa shape index (κ1) is 19.0. The van der Waals surface area contributed by atoms with Crippen LogP contribution < -0.4 is 4.90 Å². The smallest absolute Gasteiger partial charge is 0.442 e. The zero-order valence-corrected chi connectivity index (χ0v) is 16.2. The number of rotatable bonds is 5. The van der Waals surface area contributed by atoms with E-state index in [1.165, 1.54) is 0 Å². The maximum atomic E-state index is 12.0. The molecule has 4 rings (SSSR count). The first-order valence-corrected chi connectivity index (χ1v) is 9.76. The highest BCUT2D eigenvalue weighted by Crippen LogP contribution is 2.41. The molecule has 1 aliphatic rings. The molecule has 0 bridgehead atoms. The molecule has 1 aromatic heterocycles. The van der Waals surface area contributed by atoms with E-state index >= 15 is 0 Å². The lowest BCUT2D eigenvalue weighted by atomic mass is 9.96. The molecular formula is C22H22N2O5. The largest absolute Gasteiger partial charge is 0.466 e. The minimum absolute atomic E-state index is 0.0650. The van der Waals surface area contributed by atoms with Crippen molar-refractivity contribution in [3.05, 3.63) is 58.6 Å². The molecule has 0 unspecified atom stereocenters. The van der Waals surface area contributed by atoms with Crippen LogP contribution in [0.15, 0.2) is 52.9 Å². The highest BCUT2D eigenvalue weighted by molar-refractivity contribution is 6.00. The molecule has 150 valence electrons. The van der Waals surface area contributed by atoms with Crippen molar-refractivity contribution in [1.82, 2.24) is 0 Å². The van der Waals surface area contributed by atoms with Crippen LogP contribution in [-0.2, 0) is 9.53 Å². The van der Waals surface area contributed by atoms with Crippen LogP contribution >= 0.6 is 0 Å². The fourth-order valence-electron chi connectivity index (χ4n) is 3.92. The van der Waals surface area contributed by atoms with Crippen molar-refractivity contribution in [3.8, 4) is 11.1 Å². The summed E-state index contributed by atoms with van der Waals surface area (Å²) in [5.74, 6) is -0.436. The molecular weight excluding hydrogens is 372 g/mol. The van der Waals surface area contributed by atoms with Crippen molar-refractivity contribution in [3.63, 3.8) is 0 Å². The molecule has 0 amide bonds. The molecule has 0 saturated carbocycles. The highest BCUT2D eigenvalue weighted by atomic mass is 16.6. The van der Waals surface area contributed by atoms with Crippen molar-refractivity contribution in [1.29, 1.82) is 0 Å². The zero-order chi connectivity index (χ0) is 20.4. The lowest BCUT2D eigenvalue weighted by Crippen LogP contribution is -2.36. The van der Waals surface area contributed by atoms with Gasteiger partial charge in [0.05, 0.1) is 12.5 Å². The summed E-state index contributed by atoms with van der Waals surface area (Å²) in [5, 5.41) is 12.3. The average molecular weight is 394 g/mol. The summed E-state index contributed by atoms with van der Waals surface area (Å²) in [5.41, 5.74) is 2.69. The van der Waals surface area contributed by atoms with Gasteiger partial charge >= 0.3 is 11.9 Å². The minimum atomic E-state index is -0.479. The molecule has 2 heterocycles. The summed E-state index contributed by atoms with van der Waals surface area (Å²) >= 11 is 0. The van der Waals surface area contributed by atoms with Gasteiger partial charge in [-0.2, -0.15) is 0 Å². The van der Waals surface area contributed by atoms with Gasteiger partial charge in [-0.05, 0) is 43.5 Å². The number of benzene rings is 2. The van der Waals surface area contributed by atoms with E-state index in [-0.39, 0.29) is 17.8 Å². The Hall–Kier alpha value is -3.35. The number of nitrogens with zero attached hydrogens (tertiary/aromatic N) is 2. The molecule has 7 heteroatoms. The average Bonchev–Trinajstić information content (AvgIpc) is 3.14. The molecule has 1 saturated heterocycles. The number of fused-ring (bicyclic) bond motifs is 1. The van der Waals surface area contributed by atoms with Crippen molar-refractivity contribution in [2.45, 2.75) is 19.8 Å². The van der Waals surface area contributed by atoms with Crippen LogP contribution in [0.3, 0.4) is 0 Å². The minimum Gasteiger partial charge on any atom is -0.466 e. The van der Waals surface area contributed by atoms with E-state index in [0.29, 0.717) is 23.1 Å². The van der Waals surface area contributed by atoms with Gasteiger partial charge in [-0.3, -0.25) is 14.9 Å². The van der Waals surface area contributed by atoms with Gasteiger partial charge in [-0.15, -0.1) is 0 Å². The fourth-order valence-corrected chi connectivity index (χ4v) is 3.92. The Balaban J connectivity index is 1.66. The summed E-state index contributed by atoms with van der Waals surface area (Å²) < 4.78 is 10.7. The Kier molecular flexibility index (Phi) is 5.20.